The van der Waals surface area contributed by atoms with Gasteiger partial charge in [0.2, 0.25) is 0 Å². The van der Waals surface area contributed by atoms with Crippen LogP contribution in [0.3, 0.4) is 0 Å². The Bertz CT molecular complexity index is 364. The molecule has 1 saturated heterocycles. The van der Waals surface area contributed by atoms with Crippen LogP contribution in [0.25, 0.3) is 0 Å². The molecule has 0 aliphatic carbocycles. The van der Waals surface area contributed by atoms with Crippen LogP contribution in [0, 0.1) is 5.92 Å². The smallest absolute Gasteiger partial charge is 0.306 e. The molecule has 0 atom stereocenters. The molecule has 6 nitrogen and oxygen atoms in total. The number of nitrogens with zero attached hydrogens (tertiary/aromatic N) is 1. The average Bonchev–Trinajstić information content (AvgIpc) is 2.35. The summed E-state index contributed by atoms with van der Waals surface area (Å²) in [5, 5.41) is 8.84. The third kappa shape index (κ3) is 4.75. The summed E-state index contributed by atoms with van der Waals surface area (Å²) in [7, 11) is -3.43. The van der Waals surface area contributed by atoms with Crippen molar-refractivity contribution in [3.63, 3.8) is 0 Å². The van der Waals surface area contributed by atoms with Gasteiger partial charge in [-0.2, -0.15) is 24.5 Å². The lowest BCUT2D eigenvalue weighted by molar-refractivity contribution is -0.142. The number of piperidine rings is 1. The summed E-state index contributed by atoms with van der Waals surface area (Å²) in [6.45, 7) is 1.01. The van der Waals surface area contributed by atoms with Crippen molar-refractivity contribution >= 4 is 27.9 Å². The molecule has 0 radical (unpaired) electrons. The van der Waals surface area contributed by atoms with Crippen molar-refractivity contribution in [2.45, 2.75) is 19.3 Å². The van der Waals surface area contributed by atoms with E-state index in [4.69, 9.17) is 5.11 Å². The summed E-state index contributed by atoms with van der Waals surface area (Å²) in [4.78, 5) is 10.8. The lowest BCUT2D eigenvalue weighted by Gasteiger charge is -2.29. The average molecular weight is 296 g/mol. The maximum absolute atomic E-state index is 11.9. The first-order valence-electron chi connectivity index (χ1n) is 5.94. The predicted molar refractivity (Wildman–Crippen MR) is 71.9 cm³/mol. The molecule has 0 spiro atoms. The summed E-state index contributed by atoms with van der Waals surface area (Å²) in [5.74, 6) is -0.322. The van der Waals surface area contributed by atoms with Crippen LogP contribution in [-0.4, -0.2) is 55.4 Å². The van der Waals surface area contributed by atoms with Crippen molar-refractivity contribution in [3.8, 4) is 0 Å². The Hall–Kier alpha value is -0.310. The van der Waals surface area contributed by atoms with Gasteiger partial charge in [-0.3, -0.25) is 4.79 Å². The second-order valence-electron chi connectivity index (χ2n) is 4.26. The SMILES string of the molecule is CSCCCNS(=O)(=O)N1CCC(C(=O)O)CC1. The number of nitrogens with one attached hydrogen (secondary N) is 1. The number of thioether (sulfide) groups is 1. The molecule has 0 aromatic carbocycles. The van der Waals surface area contributed by atoms with Crippen molar-refractivity contribution in [2.75, 3.05) is 31.6 Å². The molecule has 1 heterocycles. The minimum Gasteiger partial charge on any atom is -0.481 e. The largest absolute Gasteiger partial charge is 0.481 e. The molecule has 1 aliphatic heterocycles. The van der Waals surface area contributed by atoms with E-state index in [-0.39, 0.29) is 13.1 Å². The van der Waals surface area contributed by atoms with Gasteiger partial charge in [-0.1, -0.05) is 0 Å². The Balaban J connectivity index is 2.38. The Morgan fingerprint density at radius 1 is 1.44 bits per heavy atom. The lowest BCUT2D eigenvalue weighted by Crippen LogP contribution is -2.46. The zero-order chi connectivity index (χ0) is 13.6. The van der Waals surface area contributed by atoms with E-state index >= 15 is 0 Å². The van der Waals surface area contributed by atoms with Crippen molar-refractivity contribution in [3.05, 3.63) is 0 Å². The number of hydrogen-bond acceptors (Lipinski definition) is 4. The summed E-state index contributed by atoms with van der Waals surface area (Å²) < 4.78 is 27.7. The van der Waals surface area contributed by atoms with Crippen molar-refractivity contribution in [2.24, 2.45) is 5.92 Å². The van der Waals surface area contributed by atoms with Gasteiger partial charge in [-0.15, -0.1) is 0 Å². The monoisotopic (exact) mass is 296 g/mol. The van der Waals surface area contributed by atoms with Gasteiger partial charge in [0.1, 0.15) is 0 Å². The van der Waals surface area contributed by atoms with Gasteiger partial charge < -0.3 is 5.11 Å². The standard InChI is InChI=1S/C10H20N2O4S2/c1-17-8-2-5-11-18(15,16)12-6-3-9(4-7-12)10(13)14/h9,11H,2-8H2,1H3,(H,13,14). The van der Waals surface area contributed by atoms with Gasteiger partial charge in [-0.05, 0) is 31.3 Å². The van der Waals surface area contributed by atoms with Gasteiger partial charge in [0, 0.05) is 19.6 Å². The molecular weight excluding hydrogens is 276 g/mol. The number of rotatable bonds is 7. The van der Waals surface area contributed by atoms with E-state index in [9.17, 15) is 13.2 Å². The zero-order valence-corrected chi connectivity index (χ0v) is 12.1. The second-order valence-corrected chi connectivity index (χ2v) is 7.00. The molecule has 8 heteroatoms. The number of carboxylic acid groups (broad SMARTS) is 1. The highest BCUT2D eigenvalue weighted by atomic mass is 32.2. The van der Waals surface area contributed by atoms with E-state index in [2.05, 4.69) is 4.72 Å². The van der Waals surface area contributed by atoms with Crippen LogP contribution in [0.5, 0.6) is 0 Å². The van der Waals surface area contributed by atoms with Crippen LogP contribution < -0.4 is 4.72 Å². The van der Waals surface area contributed by atoms with Crippen LogP contribution in [0.1, 0.15) is 19.3 Å². The first-order chi connectivity index (χ1) is 8.47. The van der Waals surface area contributed by atoms with E-state index in [0.717, 1.165) is 12.2 Å². The number of aliphatic carboxylic acids is 1. The van der Waals surface area contributed by atoms with E-state index in [1.807, 2.05) is 6.26 Å². The Labute approximate surface area is 112 Å². The van der Waals surface area contributed by atoms with E-state index < -0.39 is 22.1 Å². The normalized spacial score (nSPS) is 18.9. The van der Waals surface area contributed by atoms with Gasteiger partial charge >= 0.3 is 5.97 Å². The Morgan fingerprint density at radius 3 is 2.56 bits per heavy atom. The quantitative estimate of drug-likeness (QED) is 0.663. The molecule has 18 heavy (non-hydrogen) atoms. The summed E-state index contributed by atoms with van der Waals surface area (Å²) in [6.07, 6.45) is 3.55. The van der Waals surface area contributed by atoms with E-state index in [1.165, 1.54) is 4.31 Å². The summed E-state index contributed by atoms with van der Waals surface area (Å²) in [5.41, 5.74) is 0. The number of carboxylic acids is 1. The highest BCUT2D eigenvalue weighted by molar-refractivity contribution is 7.98. The van der Waals surface area contributed by atoms with Crippen LogP contribution >= 0.6 is 11.8 Å². The molecule has 1 rings (SSSR count). The van der Waals surface area contributed by atoms with Crippen molar-refractivity contribution in [1.82, 2.24) is 9.03 Å². The molecule has 1 aliphatic rings. The van der Waals surface area contributed by atoms with Crippen LogP contribution in [-0.2, 0) is 15.0 Å². The number of hydrogen-bond donors (Lipinski definition) is 2. The van der Waals surface area contributed by atoms with Crippen LogP contribution in [0.2, 0.25) is 0 Å². The maximum atomic E-state index is 11.9. The van der Waals surface area contributed by atoms with E-state index in [0.29, 0.717) is 19.4 Å². The fraction of sp³-hybridized carbons (Fsp3) is 0.900. The fourth-order valence-electron chi connectivity index (χ4n) is 1.85. The molecule has 0 saturated carbocycles. The van der Waals surface area contributed by atoms with Gasteiger partial charge in [-0.25, -0.2) is 4.72 Å². The lowest BCUT2D eigenvalue weighted by atomic mass is 9.99. The first kappa shape index (κ1) is 15.7. The fourth-order valence-corrected chi connectivity index (χ4v) is 3.56. The minimum absolute atomic E-state index is 0.287. The molecule has 106 valence electrons. The first-order valence-corrected chi connectivity index (χ1v) is 8.77. The summed E-state index contributed by atoms with van der Waals surface area (Å²) in [6, 6.07) is 0. The third-order valence-corrected chi connectivity index (χ3v) is 5.26. The molecule has 0 bridgehead atoms. The molecule has 1 fully saturated rings. The Morgan fingerprint density at radius 2 is 2.06 bits per heavy atom. The van der Waals surface area contributed by atoms with Crippen LogP contribution in [0.15, 0.2) is 0 Å². The molecular formula is C10H20N2O4S2. The predicted octanol–water partition coefficient (Wildman–Crippen LogP) is 0.371. The molecule has 0 amide bonds. The Kier molecular flexibility index (Phi) is 6.40. The highest BCUT2D eigenvalue weighted by Crippen LogP contribution is 2.19. The number of carbonyl (C=O) groups is 1. The molecule has 0 aromatic rings. The van der Waals surface area contributed by atoms with Crippen molar-refractivity contribution < 1.29 is 18.3 Å². The third-order valence-electron chi connectivity index (χ3n) is 2.95. The van der Waals surface area contributed by atoms with Crippen LogP contribution in [0.4, 0.5) is 0 Å². The van der Waals surface area contributed by atoms with Gasteiger partial charge in [0.15, 0.2) is 0 Å². The van der Waals surface area contributed by atoms with E-state index in [1.54, 1.807) is 11.8 Å². The van der Waals surface area contributed by atoms with Gasteiger partial charge in [0.25, 0.3) is 10.2 Å². The topological polar surface area (TPSA) is 86.7 Å². The molecule has 0 aromatic heterocycles. The minimum atomic E-state index is -3.43. The zero-order valence-electron chi connectivity index (χ0n) is 10.5. The molecule has 0 unspecified atom stereocenters. The maximum Gasteiger partial charge on any atom is 0.306 e. The second kappa shape index (κ2) is 7.32. The van der Waals surface area contributed by atoms with Crippen molar-refractivity contribution in [1.29, 1.82) is 0 Å². The van der Waals surface area contributed by atoms with Gasteiger partial charge in [0.05, 0.1) is 5.92 Å². The molecule has 2 N–H and O–H groups in total. The highest BCUT2D eigenvalue weighted by Gasteiger charge is 2.30. The summed E-state index contributed by atoms with van der Waals surface area (Å²) >= 11 is 1.68.